The zero-order chi connectivity index (χ0) is 11.4. The number of carboxylic acid groups (broad SMARTS) is 1. The molecule has 6 nitrogen and oxygen atoms in total. The van der Waals surface area contributed by atoms with Gasteiger partial charge in [-0.2, -0.15) is 0 Å². The Bertz CT molecular complexity index is 222. The smallest absolute Gasteiger partial charge is 0.407 e. The molecule has 0 unspecified atom stereocenters. The van der Waals surface area contributed by atoms with Gasteiger partial charge in [0.1, 0.15) is 0 Å². The van der Waals surface area contributed by atoms with Crippen molar-refractivity contribution < 1.29 is 14.7 Å². The molecule has 0 fully saturated rings. The average molecular weight is 203 g/mol. The summed E-state index contributed by atoms with van der Waals surface area (Å²) < 4.78 is 0. The highest BCUT2D eigenvalue weighted by atomic mass is 16.4. The van der Waals surface area contributed by atoms with Crippen molar-refractivity contribution in [1.29, 1.82) is 0 Å². The van der Waals surface area contributed by atoms with Gasteiger partial charge >= 0.3 is 6.09 Å². The summed E-state index contributed by atoms with van der Waals surface area (Å²) in [6.07, 6.45) is -0.970. The van der Waals surface area contributed by atoms with Crippen LogP contribution in [-0.4, -0.2) is 34.1 Å². The minimum Gasteiger partial charge on any atom is -0.465 e. The third-order valence-corrected chi connectivity index (χ3v) is 1.76. The van der Waals surface area contributed by atoms with E-state index in [2.05, 4.69) is 0 Å². The maximum absolute atomic E-state index is 10.8. The summed E-state index contributed by atoms with van der Waals surface area (Å²) in [7, 11) is 0. The highest BCUT2D eigenvalue weighted by Gasteiger charge is 2.25. The second-order valence-electron chi connectivity index (χ2n) is 3.92. The molecule has 0 aliphatic rings. The van der Waals surface area contributed by atoms with E-state index in [1.807, 2.05) is 5.43 Å². The second-order valence-corrected chi connectivity index (χ2v) is 3.92. The summed E-state index contributed by atoms with van der Waals surface area (Å²) in [5.41, 5.74) is 1.44. The normalized spacial score (nSPS) is 10.9. The second kappa shape index (κ2) is 4.80. The lowest BCUT2D eigenvalue weighted by Gasteiger charge is -2.32. The van der Waals surface area contributed by atoms with Crippen LogP contribution < -0.4 is 11.3 Å². The third kappa shape index (κ3) is 4.08. The highest BCUT2D eigenvalue weighted by Crippen LogP contribution is 2.13. The van der Waals surface area contributed by atoms with E-state index in [0.717, 1.165) is 0 Å². The first-order valence-corrected chi connectivity index (χ1v) is 4.29. The molecule has 0 aromatic rings. The van der Waals surface area contributed by atoms with Crippen molar-refractivity contribution in [3.05, 3.63) is 0 Å². The predicted octanol–water partition coefficient (Wildman–Crippen LogP) is 0.145. The maximum atomic E-state index is 10.8. The van der Waals surface area contributed by atoms with Gasteiger partial charge in [-0.3, -0.25) is 10.2 Å². The van der Waals surface area contributed by atoms with Gasteiger partial charge in [-0.15, -0.1) is 0 Å². The van der Waals surface area contributed by atoms with Crippen molar-refractivity contribution in [2.75, 3.05) is 6.54 Å². The molecule has 0 rings (SSSR count). The highest BCUT2D eigenvalue weighted by molar-refractivity contribution is 5.76. The van der Waals surface area contributed by atoms with Crippen molar-refractivity contribution >= 4 is 12.0 Å². The summed E-state index contributed by atoms with van der Waals surface area (Å²) in [6.45, 7) is 5.44. The molecule has 0 atom stereocenters. The number of nitrogens with two attached hydrogens (primary N) is 1. The summed E-state index contributed by atoms with van der Waals surface area (Å²) in [4.78, 5) is 22.8. The Kier molecular flexibility index (Phi) is 4.36. The van der Waals surface area contributed by atoms with E-state index in [1.54, 1.807) is 20.8 Å². The average Bonchev–Trinajstić information content (AvgIpc) is 2.01. The molecular weight excluding hydrogens is 186 g/mol. The van der Waals surface area contributed by atoms with Gasteiger partial charge in [0.2, 0.25) is 5.91 Å². The number of hydrogen-bond donors (Lipinski definition) is 3. The Hall–Kier alpha value is -1.30. The summed E-state index contributed by atoms with van der Waals surface area (Å²) in [5.74, 6) is 4.50. The van der Waals surface area contributed by atoms with E-state index < -0.39 is 11.6 Å². The number of nitrogens with zero attached hydrogens (tertiary/aromatic N) is 1. The van der Waals surface area contributed by atoms with E-state index in [1.165, 1.54) is 4.90 Å². The molecule has 6 heteroatoms. The minimum absolute atomic E-state index is 0.0695. The fraction of sp³-hybridized carbons (Fsp3) is 0.750. The van der Waals surface area contributed by atoms with Crippen LogP contribution in [0, 0.1) is 0 Å². The standard InChI is InChI=1S/C8H17N3O3/c1-8(2,3)11(7(13)14)5-4-6(12)10-9/h4-5,9H2,1-3H3,(H,10,12)(H,13,14). The topological polar surface area (TPSA) is 95.7 Å². The van der Waals surface area contributed by atoms with Crippen LogP contribution in [0.25, 0.3) is 0 Å². The fourth-order valence-corrected chi connectivity index (χ4v) is 1.00. The summed E-state index contributed by atoms with van der Waals surface area (Å²) >= 11 is 0. The maximum Gasteiger partial charge on any atom is 0.407 e. The van der Waals surface area contributed by atoms with E-state index in [0.29, 0.717) is 0 Å². The van der Waals surface area contributed by atoms with Crippen LogP contribution in [-0.2, 0) is 4.79 Å². The SMILES string of the molecule is CC(C)(C)N(CCC(=O)NN)C(=O)O. The van der Waals surface area contributed by atoms with E-state index in [9.17, 15) is 9.59 Å². The van der Waals surface area contributed by atoms with Crippen molar-refractivity contribution in [3.8, 4) is 0 Å². The molecule has 0 saturated heterocycles. The van der Waals surface area contributed by atoms with Crippen molar-refractivity contribution in [3.63, 3.8) is 0 Å². The zero-order valence-corrected chi connectivity index (χ0v) is 8.70. The molecule has 82 valence electrons. The molecule has 0 spiro atoms. The van der Waals surface area contributed by atoms with Crippen LogP contribution in [0.15, 0.2) is 0 Å². The van der Waals surface area contributed by atoms with Crippen molar-refractivity contribution in [2.24, 2.45) is 5.84 Å². The van der Waals surface area contributed by atoms with Gasteiger partial charge in [0.15, 0.2) is 0 Å². The molecular formula is C8H17N3O3. The summed E-state index contributed by atoms with van der Waals surface area (Å²) in [6, 6.07) is 0. The third-order valence-electron chi connectivity index (χ3n) is 1.76. The molecule has 0 bridgehead atoms. The van der Waals surface area contributed by atoms with Crippen LogP contribution in [0.5, 0.6) is 0 Å². The Labute approximate surface area is 83.0 Å². The van der Waals surface area contributed by atoms with E-state index in [4.69, 9.17) is 10.9 Å². The Morgan fingerprint density at radius 2 is 1.93 bits per heavy atom. The molecule has 0 radical (unpaired) electrons. The van der Waals surface area contributed by atoms with Gasteiger partial charge in [0.05, 0.1) is 0 Å². The number of hydrazine groups is 1. The largest absolute Gasteiger partial charge is 0.465 e. The molecule has 0 aliphatic carbocycles. The van der Waals surface area contributed by atoms with Crippen LogP contribution >= 0.6 is 0 Å². The number of nitrogens with one attached hydrogen (secondary N) is 1. The Morgan fingerprint density at radius 3 is 2.21 bits per heavy atom. The first-order valence-electron chi connectivity index (χ1n) is 4.29. The molecule has 14 heavy (non-hydrogen) atoms. The number of hydrogen-bond acceptors (Lipinski definition) is 3. The van der Waals surface area contributed by atoms with Gasteiger partial charge < -0.3 is 10.0 Å². The van der Waals surface area contributed by atoms with E-state index in [-0.39, 0.29) is 18.9 Å². The number of carbonyl (C=O) groups is 2. The molecule has 0 heterocycles. The van der Waals surface area contributed by atoms with Gasteiger partial charge in [-0.05, 0) is 20.8 Å². The molecule has 4 N–H and O–H groups in total. The van der Waals surface area contributed by atoms with Crippen LogP contribution in [0.4, 0.5) is 4.79 Å². The lowest BCUT2D eigenvalue weighted by atomic mass is 10.1. The fourth-order valence-electron chi connectivity index (χ4n) is 1.00. The first kappa shape index (κ1) is 12.7. The lowest BCUT2D eigenvalue weighted by molar-refractivity contribution is -0.121. The van der Waals surface area contributed by atoms with E-state index >= 15 is 0 Å². The van der Waals surface area contributed by atoms with Crippen molar-refractivity contribution in [2.45, 2.75) is 32.7 Å². The number of amides is 2. The molecule has 0 aromatic carbocycles. The first-order chi connectivity index (χ1) is 6.29. The summed E-state index contributed by atoms with van der Waals surface area (Å²) in [5, 5.41) is 8.86. The molecule has 0 aliphatic heterocycles. The Balaban J connectivity index is 4.26. The molecule has 0 aromatic heterocycles. The van der Waals surface area contributed by atoms with Crippen LogP contribution in [0.3, 0.4) is 0 Å². The molecule has 0 saturated carbocycles. The minimum atomic E-state index is -1.04. The lowest BCUT2D eigenvalue weighted by Crippen LogP contribution is -2.46. The number of carbonyl (C=O) groups excluding carboxylic acids is 1. The monoisotopic (exact) mass is 203 g/mol. The van der Waals surface area contributed by atoms with Crippen molar-refractivity contribution in [1.82, 2.24) is 10.3 Å². The predicted molar refractivity (Wildman–Crippen MR) is 51.4 cm³/mol. The zero-order valence-electron chi connectivity index (χ0n) is 8.70. The number of rotatable bonds is 3. The quantitative estimate of drug-likeness (QED) is 0.345. The van der Waals surface area contributed by atoms with Crippen LogP contribution in [0.2, 0.25) is 0 Å². The van der Waals surface area contributed by atoms with Gasteiger partial charge in [0, 0.05) is 18.5 Å². The van der Waals surface area contributed by atoms with Crippen LogP contribution in [0.1, 0.15) is 27.2 Å². The van der Waals surface area contributed by atoms with Gasteiger partial charge in [-0.25, -0.2) is 10.6 Å². The molecule has 2 amide bonds. The Morgan fingerprint density at radius 1 is 1.43 bits per heavy atom. The van der Waals surface area contributed by atoms with Gasteiger partial charge in [-0.1, -0.05) is 0 Å². The van der Waals surface area contributed by atoms with Gasteiger partial charge in [0.25, 0.3) is 0 Å².